The van der Waals surface area contributed by atoms with Crippen molar-refractivity contribution in [2.24, 2.45) is 11.7 Å². The van der Waals surface area contributed by atoms with Crippen LogP contribution in [0.2, 0.25) is 0 Å². The van der Waals surface area contributed by atoms with E-state index in [9.17, 15) is 14.4 Å². The zero-order chi connectivity index (χ0) is 27.9. The van der Waals surface area contributed by atoms with Crippen LogP contribution >= 0.6 is 0 Å². The zero-order valence-electron chi connectivity index (χ0n) is 23.2. The zero-order valence-corrected chi connectivity index (χ0v) is 23.2. The Balaban J connectivity index is 1.33. The number of unbranched alkanes of at least 4 members (excludes halogenated alkanes) is 1. The topological polar surface area (TPSA) is 153 Å². The molecule has 0 saturated carbocycles. The van der Waals surface area contributed by atoms with Gasteiger partial charge in [0.1, 0.15) is 17.5 Å². The first kappa shape index (κ1) is 29.9. The van der Waals surface area contributed by atoms with E-state index >= 15 is 0 Å². The molecule has 0 aromatic carbocycles. The average Bonchev–Trinajstić information content (AvgIpc) is 3.18. The van der Waals surface area contributed by atoms with Gasteiger partial charge in [-0.2, -0.15) is 0 Å². The Bertz CT molecular complexity index is 841. The van der Waals surface area contributed by atoms with Crippen molar-refractivity contribution in [3.8, 4) is 0 Å². The molecule has 2 amide bonds. The van der Waals surface area contributed by atoms with E-state index in [1.807, 2.05) is 20.8 Å². The number of nitrogens with one attached hydrogen (secondary N) is 1. The molecular weight excluding hydrogens is 492 g/mol. The first-order valence-corrected chi connectivity index (χ1v) is 13.9. The standard InChI is InChI=1S/C26H46N6O6/c1-26(2,3)38-25(36)32-11-7-19(16-21(32)23(27)28)6-4-5-9-31-18-20(37-24(31)35)17-30-14-12-29(13-15-30)10-8-22(33)34/h19-21H,4-18H2,1-3H3,(H3,27,28)(H,33,34). The Morgan fingerprint density at radius 1 is 1.11 bits per heavy atom. The Morgan fingerprint density at radius 2 is 1.79 bits per heavy atom. The van der Waals surface area contributed by atoms with Crippen molar-refractivity contribution in [1.29, 1.82) is 5.41 Å². The number of ether oxygens (including phenoxy) is 2. The van der Waals surface area contributed by atoms with Crippen LogP contribution in [0.3, 0.4) is 0 Å². The summed E-state index contributed by atoms with van der Waals surface area (Å²) in [6, 6.07) is -0.433. The van der Waals surface area contributed by atoms with Crippen molar-refractivity contribution < 1.29 is 29.0 Å². The minimum atomic E-state index is -0.769. The number of amidine groups is 1. The summed E-state index contributed by atoms with van der Waals surface area (Å²) in [7, 11) is 0. The quantitative estimate of drug-likeness (QED) is 0.204. The molecule has 0 aromatic heterocycles. The molecule has 0 aliphatic carbocycles. The Hall–Kier alpha value is -2.60. The number of likely N-dealkylation sites (tertiary alicyclic amines) is 1. The normalized spacial score (nSPS) is 25.3. The molecule has 38 heavy (non-hydrogen) atoms. The van der Waals surface area contributed by atoms with E-state index in [-0.39, 0.29) is 24.5 Å². The minimum absolute atomic E-state index is 0.00640. The van der Waals surface area contributed by atoms with Gasteiger partial charge in [0.2, 0.25) is 0 Å². The third-order valence-corrected chi connectivity index (χ3v) is 7.51. The number of nitrogens with two attached hydrogens (primary N) is 1. The predicted octanol–water partition coefficient (Wildman–Crippen LogP) is 2.02. The van der Waals surface area contributed by atoms with Crippen LogP contribution in [0, 0.1) is 11.3 Å². The first-order valence-electron chi connectivity index (χ1n) is 13.9. The number of rotatable bonds is 11. The molecule has 3 unspecified atom stereocenters. The highest BCUT2D eigenvalue weighted by atomic mass is 16.6. The van der Waals surface area contributed by atoms with Crippen LogP contribution in [0.25, 0.3) is 0 Å². The number of aliphatic carboxylic acids is 1. The second-order valence-corrected chi connectivity index (χ2v) is 11.8. The third kappa shape index (κ3) is 9.30. The molecule has 0 radical (unpaired) electrons. The van der Waals surface area contributed by atoms with Gasteiger partial charge in [0.05, 0.1) is 19.0 Å². The van der Waals surface area contributed by atoms with E-state index in [0.717, 1.165) is 51.9 Å². The van der Waals surface area contributed by atoms with Gasteiger partial charge in [-0.25, -0.2) is 9.59 Å². The number of piperidine rings is 1. The highest BCUT2D eigenvalue weighted by Crippen LogP contribution is 2.29. The number of nitrogens with zero attached hydrogens (tertiary/aromatic N) is 4. The smallest absolute Gasteiger partial charge is 0.410 e. The molecule has 3 aliphatic heterocycles. The van der Waals surface area contributed by atoms with Crippen molar-refractivity contribution in [2.45, 2.75) is 77.0 Å². The Kier molecular flexibility index (Phi) is 10.6. The predicted molar refractivity (Wildman–Crippen MR) is 142 cm³/mol. The van der Waals surface area contributed by atoms with E-state index in [0.29, 0.717) is 45.1 Å². The second kappa shape index (κ2) is 13.5. The second-order valence-electron chi connectivity index (χ2n) is 11.8. The summed E-state index contributed by atoms with van der Waals surface area (Å²) in [6.45, 7) is 11.9. The van der Waals surface area contributed by atoms with Crippen molar-refractivity contribution >= 4 is 24.0 Å². The van der Waals surface area contributed by atoms with E-state index in [1.54, 1.807) is 9.80 Å². The Morgan fingerprint density at radius 3 is 2.42 bits per heavy atom. The van der Waals surface area contributed by atoms with E-state index < -0.39 is 23.7 Å². The molecule has 4 N–H and O–H groups in total. The number of carboxylic acid groups (broad SMARTS) is 1. The summed E-state index contributed by atoms with van der Waals surface area (Å²) in [5.41, 5.74) is 5.24. The third-order valence-electron chi connectivity index (χ3n) is 7.51. The highest BCUT2D eigenvalue weighted by molar-refractivity contribution is 5.86. The summed E-state index contributed by atoms with van der Waals surface area (Å²) >= 11 is 0. The maximum Gasteiger partial charge on any atom is 0.410 e. The fraction of sp³-hybridized carbons (Fsp3) is 0.846. The molecule has 3 atom stereocenters. The van der Waals surface area contributed by atoms with Gasteiger partial charge in [0.15, 0.2) is 0 Å². The molecule has 216 valence electrons. The van der Waals surface area contributed by atoms with Crippen molar-refractivity contribution in [3.63, 3.8) is 0 Å². The summed E-state index contributed by atoms with van der Waals surface area (Å²) in [4.78, 5) is 43.5. The van der Waals surface area contributed by atoms with Crippen LogP contribution in [-0.4, -0.2) is 125 Å². The molecular formula is C26H46N6O6. The number of piperazine rings is 1. The van der Waals surface area contributed by atoms with E-state index in [4.69, 9.17) is 25.7 Å². The summed E-state index contributed by atoms with van der Waals surface area (Å²) < 4.78 is 11.1. The van der Waals surface area contributed by atoms with Gasteiger partial charge in [-0.15, -0.1) is 0 Å². The van der Waals surface area contributed by atoms with Gasteiger partial charge in [0, 0.05) is 52.4 Å². The number of carbonyl (C=O) groups excluding carboxylic acids is 2. The minimum Gasteiger partial charge on any atom is -0.481 e. The van der Waals surface area contributed by atoms with Gasteiger partial charge >= 0.3 is 18.2 Å². The summed E-state index contributed by atoms with van der Waals surface area (Å²) in [5.74, 6) is -0.405. The van der Waals surface area contributed by atoms with Gasteiger partial charge in [-0.1, -0.05) is 12.8 Å². The lowest BCUT2D eigenvalue weighted by molar-refractivity contribution is -0.137. The molecule has 3 aliphatic rings. The van der Waals surface area contributed by atoms with Crippen LogP contribution in [0.5, 0.6) is 0 Å². The molecule has 3 rings (SSSR count). The molecule has 12 nitrogen and oxygen atoms in total. The van der Waals surface area contributed by atoms with Crippen molar-refractivity contribution in [3.05, 3.63) is 0 Å². The number of carboxylic acids is 1. The fourth-order valence-electron chi connectivity index (χ4n) is 5.46. The molecule has 3 heterocycles. The largest absolute Gasteiger partial charge is 0.481 e. The number of hydrogen-bond donors (Lipinski definition) is 3. The number of hydrogen-bond acceptors (Lipinski definition) is 8. The van der Waals surface area contributed by atoms with Gasteiger partial charge in [0.25, 0.3) is 0 Å². The lowest BCUT2D eigenvalue weighted by Crippen LogP contribution is -2.53. The molecule has 0 bridgehead atoms. The fourth-order valence-corrected chi connectivity index (χ4v) is 5.46. The summed E-state index contributed by atoms with van der Waals surface area (Å²) in [6.07, 6.45) is 3.65. The van der Waals surface area contributed by atoms with Gasteiger partial charge in [-0.3, -0.25) is 20.0 Å². The molecule has 12 heteroatoms. The maximum absolute atomic E-state index is 12.6. The van der Waals surface area contributed by atoms with E-state index in [1.165, 1.54) is 0 Å². The van der Waals surface area contributed by atoms with Crippen molar-refractivity contribution in [2.75, 3.05) is 58.9 Å². The lowest BCUT2D eigenvalue weighted by Gasteiger charge is -2.39. The molecule has 0 spiro atoms. The van der Waals surface area contributed by atoms with Crippen LogP contribution < -0.4 is 5.73 Å². The molecule has 3 fully saturated rings. The number of carbonyl (C=O) groups is 3. The number of cyclic esters (lactones) is 1. The average molecular weight is 539 g/mol. The van der Waals surface area contributed by atoms with Crippen LogP contribution in [0.15, 0.2) is 0 Å². The van der Waals surface area contributed by atoms with Gasteiger partial charge in [-0.05, 0) is 46.0 Å². The van der Waals surface area contributed by atoms with Crippen LogP contribution in [0.1, 0.15) is 59.3 Å². The summed E-state index contributed by atoms with van der Waals surface area (Å²) in [5, 5.41) is 16.8. The van der Waals surface area contributed by atoms with Crippen molar-refractivity contribution in [1.82, 2.24) is 19.6 Å². The van der Waals surface area contributed by atoms with Crippen LogP contribution in [0.4, 0.5) is 9.59 Å². The van der Waals surface area contributed by atoms with Gasteiger partial charge < -0.3 is 30.1 Å². The molecule has 3 saturated heterocycles. The monoisotopic (exact) mass is 538 g/mol. The maximum atomic E-state index is 12.6. The first-order chi connectivity index (χ1) is 17.9. The van der Waals surface area contributed by atoms with E-state index in [2.05, 4.69) is 9.80 Å². The number of amides is 2. The Labute approximate surface area is 225 Å². The lowest BCUT2D eigenvalue weighted by atomic mass is 9.86. The van der Waals surface area contributed by atoms with Crippen LogP contribution in [-0.2, 0) is 14.3 Å². The molecule has 0 aromatic rings. The SMILES string of the molecule is CC(C)(C)OC(=O)N1CCC(CCCCN2CC(CN3CCN(CCC(=O)O)CC3)OC2=O)CC1C(=N)N. The highest BCUT2D eigenvalue weighted by Gasteiger charge is 2.36.